The Morgan fingerprint density at radius 1 is 1.20 bits per heavy atom. The molecular formula is C17H16FN5O2. The lowest BCUT2D eigenvalue weighted by Gasteiger charge is -2.14. The molecule has 0 aliphatic heterocycles. The number of H-pyrrole nitrogens is 1. The molecule has 1 unspecified atom stereocenters. The van der Waals surface area contributed by atoms with Gasteiger partial charge in [0.1, 0.15) is 17.5 Å². The molecule has 1 atom stereocenters. The largest absolute Gasteiger partial charge is 0.497 e. The first-order valence-corrected chi connectivity index (χ1v) is 7.58. The number of aromatic nitrogens is 4. The van der Waals surface area contributed by atoms with Crippen molar-refractivity contribution in [3.63, 3.8) is 0 Å². The van der Waals surface area contributed by atoms with Crippen LogP contribution in [0.15, 0.2) is 48.5 Å². The number of carbonyl (C=O) groups is 1. The fourth-order valence-electron chi connectivity index (χ4n) is 2.38. The predicted octanol–water partition coefficient (Wildman–Crippen LogP) is 2.31. The number of ether oxygens (including phenoxy) is 1. The second-order valence-electron chi connectivity index (χ2n) is 5.37. The predicted molar refractivity (Wildman–Crippen MR) is 88.6 cm³/mol. The minimum absolute atomic E-state index is 0.287. The Balaban J connectivity index is 1.79. The number of hydrogen-bond donors (Lipinski definition) is 2. The average Bonchev–Trinajstić information content (AvgIpc) is 3.16. The highest BCUT2D eigenvalue weighted by Crippen LogP contribution is 2.21. The molecule has 0 bridgehead atoms. The van der Waals surface area contributed by atoms with Gasteiger partial charge in [0.05, 0.1) is 7.11 Å². The van der Waals surface area contributed by atoms with Crippen LogP contribution < -0.4 is 10.1 Å². The van der Waals surface area contributed by atoms with E-state index in [0.717, 1.165) is 11.3 Å². The van der Waals surface area contributed by atoms with Crippen LogP contribution in [-0.4, -0.2) is 33.6 Å². The van der Waals surface area contributed by atoms with E-state index in [1.807, 2.05) is 24.3 Å². The summed E-state index contributed by atoms with van der Waals surface area (Å²) in [5, 5.41) is 16.5. The van der Waals surface area contributed by atoms with Crippen LogP contribution in [0.4, 0.5) is 10.1 Å². The van der Waals surface area contributed by atoms with Crippen LogP contribution >= 0.6 is 0 Å². The lowest BCUT2D eigenvalue weighted by molar-refractivity contribution is -0.117. The molecule has 0 fully saturated rings. The molecule has 128 valence electrons. The van der Waals surface area contributed by atoms with Gasteiger partial charge in [0.25, 0.3) is 0 Å². The third-order valence-electron chi connectivity index (χ3n) is 3.70. The SMILES string of the molecule is COc1ccc(CC(C(=O)Nc2ccc(F)cc2)c2nn[nH]n2)cc1. The minimum Gasteiger partial charge on any atom is -0.497 e. The summed E-state index contributed by atoms with van der Waals surface area (Å²) in [4.78, 5) is 12.7. The quantitative estimate of drug-likeness (QED) is 0.718. The molecule has 2 N–H and O–H groups in total. The normalized spacial score (nSPS) is 11.8. The summed E-state index contributed by atoms with van der Waals surface area (Å²) in [6, 6.07) is 12.9. The highest BCUT2D eigenvalue weighted by molar-refractivity contribution is 5.95. The summed E-state index contributed by atoms with van der Waals surface area (Å²) in [5.41, 5.74) is 1.42. The van der Waals surface area contributed by atoms with Gasteiger partial charge in [0.2, 0.25) is 5.91 Å². The van der Waals surface area contributed by atoms with Crippen molar-refractivity contribution in [3.8, 4) is 5.75 Å². The van der Waals surface area contributed by atoms with Crippen molar-refractivity contribution in [3.05, 3.63) is 65.7 Å². The van der Waals surface area contributed by atoms with E-state index in [2.05, 4.69) is 25.9 Å². The topological polar surface area (TPSA) is 92.8 Å². The molecule has 0 aliphatic carbocycles. The molecule has 0 saturated carbocycles. The van der Waals surface area contributed by atoms with E-state index in [1.165, 1.54) is 24.3 Å². The van der Waals surface area contributed by atoms with Crippen molar-refractivity contribution < 1.29 is 13.9 Å². The maximum Gasteiger partial charge on any atom is 0.235 e. The molecule has 0 radical (unpaired) electrons. The highest BCUT2D eigenvalue weighted by Gasteiger charge is 2.25. The standard InChI is InChI=1S/C17H16FN5O2/c1-25-14-8-2-11(3-9-14)10-15(16-20-22-23-21-16)17(24)19-13-6-4-12(18)5-7-13/h2-9,15H,10H2,1H3,(H,19,24)(H,20,21,22,23). The van der Waals surface area contributed by atoms with Crippen LogP contribution in [0, 0.1) is 5.82 Å². The number of carbonyl (C=O) groups excluding carboxylic acids is 1. The fraction of sp³-hybridized carbons (Fsp3) is 0.176. The molecule has 0 saturated heterocycles. The van der Waals surface area contributed by atoms with Gasteiger partial charge in [-0.25, -0.2) is 4.39 Å². The smallest absolute Gasteiger partial charge is 0.235 e. The first-order chi connectivity index (χ1) is 12.2. The molecule has 8 heteroatoms. The molecular weight excluding hydrogens is 325 g/mol. The maximum absolute atomic E-state index is 13.0. The summed E-state index contributed by atoms with van der Waals surface area (Å²) < 4.78 is 18.1. The molecule has 3 rings (SSSR count). The number of methoxy groups -OCH3 is 1. The van der Waals surface area contributed by atoms with Gasteiger partial charge in [-0.2, -0.15) is 5.21 Å². The van der Waals surface area contributed by atoms with Crippen LogP contribution in [-0.2, 0) is 11.2 Å². The third kappa shape index (κ3) is 4.17. The van der Waals surface area contributed by atoms with Gasteiger partial charge < -0.3 is 10.1 Å². The van der Waals surface area contributed by atoms with Crippen LogP contribution in [0.1, 0.15) is 17.3 Å². The molecule has 0 aliphatic rings. The van der Waals surface area contributed by atoms with Crippen LogP contribution in [0.5, 0.6) is 5.75 Å². The van der Waals surface area contributed by atoms with Crippen molar-refractivity contribution in [2.75, 3.05) is 12.4 Å². The molecule has 3 aromatic rings. The van der Waals surface area contributed by atoms with Gasteiger partial charge in [-0.1, -0.05) is 17.3 Å². The number of halogens is 1. The number of benzene rings is 2. The summed E-state index contributed by atoms with van der Waals surface area (Å²) in [5.74, 6) is -0.293. The lowest BCUT2D eigenvalue weighted by Crippen LogP contribution is -2.24. The molecule has 1 heterocycles. The van der Waals surface area contributed by atoms with Crippen molar-refractivity contribution in [1.29, 1.82) is 0 Å². The second-order valence-corrected chi connectivity index (χ2v) is 5.37. The number of aromatic amines is 1. The van der Waals surface area contributed by atoms with Gasteiger partial charge in [-0.05, 0) is 48.4 Å². The average molecular weight is 341 g/mol. The molecule has 7 nitrogen and oxygen atoms in total. The van der Waals surface area contributed by atoms with E-state index < -0.39 is 5.92 Å². The molecule has 1 amide bonds. The van der Waals surface area contributed by atoms with E-state index in [4.69, 9.17) is 4.74 Å². The Morgan fingerprint density at radius 2 is 1.92 bits per heavy atom. The number of tetrazole rings is 1. The Hall–Kier alpha value is -3.29. The van der Waals surface area contributed by atoms with E-state index in [9.17, 15) is 9.18 Å². The molecule has 2 aromatic carbocycles. The zero-order valence-corrected chi connectivity index (χ0v) is 13.4. The first-order valence-electron chi connectivity index (χ1n) is 7.58. The Kier molecular flexibility index (Phi) is 4.98. The van der Waals surface area contributed by atoms with Crippen LogP contribution in [0.3, 0.4) is 0 Å². The zero-order chi connectivity index (χ0) is 17.6. The third-order valence-corrected chi connectivity index (χ3v) is 3.70. The number of nitrogens with zero attached hydrogens (tertiary/aromatic N) is 3. The van der Waals surface area contributed by atoms with Gasteiger partial charge in [-0.15, -0.1) is 10.2 Å². The number of anilines is 1. The lowest BCUT2D eigenvalue weighted by atomic mass is 9.97. The second kappa shape index (κ2) is 7.52. The molecule has 25 heavy (non-hydrogen) atoms. The summed E-state index contributed by atoms with van der Waals surface area (Å²) in [6.45, 7) is 0. The van der Waals surface area contributed by atoms with E-state index in [-0.39, 0.29) is 17.5 Å². The Morgan fingerprint density at radius 3 is 2.52 bits per heavy atom. The van der Waals surface area contributed by atoms with Gasteiger partial charge in [0, 0.05) is 5.69 Å². The highest BCUT2D eigenvalue weighted by atomic mass is 19.1. The van der Waals surface area contributed by atoms with Gasteiger partial charge >= 0.3 is 0 Å². The van der Waals surface area contributed by atoms with Gasteiger partial charge in [-0.3, -0.25) is 4.79 Å². The van der Waals surface area contributed by atoms with Crippen molar-refractivity contribution >= 4 is 11.6 Å². The van der Waals surface area contributed by atoms with Gasteiger partial charge in [0.15, 0.2) is 5.82 Å². The summed E-state index contributed by atoms with van der Waals surface area (Å²) >= 11 is 0. The summed E-state index contributed by atoms with van der Waals surface area (Å²) in [6.07, 6.45) is 0.385. The van der Waals surface area contributed by atoms with Crippen molar-refractivity contribution in [1.82, 2.24) is 20.6 Å². The van der Waals surface area contributed by atoms with E-state index in [1.54, 1.807) is 7.11 Å². The van der Waals surface area contributed by atoms with E-state index in [0.29, 0.717) is 12.1 Å². The van der Waals surface area contributed by atoms with Crippen LogP contribution in [0.2, 0.25) is 0 Å². The number of rotatable bonds is 6. The van der Waals surface area contributed by atoms with Crippen molar-refractivity contribution in [2.45, 2.75) is 12.3 Å². The number of amides is 1. The number of hydrogen-bond acceptors (Lipinski definition) is 5. The Bertz CT molecular complexity index is 819. The van der Waals surface area contributed by atoms with Crippen LogP contribution in [0.25, 0.3) is 0 Å². The summed E-state index contributed by atoms with van der Waals surface area (Å²) in [7, 11) is 1.59. The molecule has 0 spiro atoms. The van der Waals surface area contributed by atoms with Crippen molar-refractivity contribution in [2.24, 2.45) is 0 Å². The zero-order valence-electron chi connectivity index (χ0n) is 13.4. The fourth-order valence-corrected chi connectivity index (χ4v) is 2.38. The van der Waals surface area contributed by atoms with E-state index >= 15 is 0 Å². The number of nitrogens with one attached hydrogen (secondary N) is 2. The maximum atomic E-state index is 13.0. The molecule has 1 aromatic heterocycles. The monoisotopic (exact) mass is 341 g/mol. The minimum atomic E-state index is -0.641. The first kappa shape index (κ1) is 16.6. The Labute approximate surface area is 143 Å².